The molecule has 0 spiro atoms. The smallest absolute Gasteiger partial charge is 0.341 e. The zero-order chi connectivity index (χ0) is 46.6. The van der Waals surface area contributed by atoms with Crippen LogP contribution in [0.2, 0.25) is 0 Å². The summed E-state index contributed by atoms with van der Waals surface area (Å²) in [6.45, 7) is 12.0. The highest BCUT2D eigenvalue weighted by molar-refractivity contribution is 9.10. The quantitative estimate of drug-likeness (QED) is 0.0604. The van der Waals surface area contributed by atoms with Gasteiger partial charge in [-0.2, -0.15) is 0 Å². The van der Waals surface area contributed by atoms with Gasteiger partial charge in [-0.05, 0) is 123 Å². The lowest BCUT2D eigenvalue weighted by atomic mass is 10.0. The number of hydrogen-bond donors (Lipinski definition) is 0. The van der Waals surface area contributed by atoms with Gasteiger partial charge in [-0.25, -0.2) is 9.59 Å². The van der Waals surface area contributed by atoms with Gasteiger partial charge in [0, 0.05) is 54.7 Å². The van der Waals surface area contributed by atoms with Gasteiger partial charge in [0.25, 0.3) is 0 Å². The zero-order valence-corrected chi connectivity index (χ0v) is 43.2. The molecular weight excluding hydrogens is 1040 g/mol. The molecule has 9 aromatic rings. The van der Waals surface area contributed by atoms with E-state index in [1.807, 2.05) is 64.4 Å². The van der Waals surface area contributed by atoms with Crippen molar-refractivity contribution in [1.29, 1.82) is 0 Å². The highest BCUT2D eigenvalue weighted by Gasteiger charge is 2.32. The molecule has 0 N–H and O–H groups in total. The third-order valence-electron chi connectivity index (χ3n) is 11.3. The first-order valence-corrected chi connectivity index (χ1v) is 26.4. The molecule has 0 atom stereocenters. The lowest BCUT2D eigenvalue weighted by Gasteiger charge is -2.08. The predicted octanol–water partition coefficient (Wildman–Crippen LogP) is 14.8. The molecule has 9 rings (SSSR count). The summed E-state index contributed by atoms with van der Waals surface area (Å²) in [5, 5.41) is 1.24. The molecule has 0 aliphatic heterocycles. The normalized spacial score (nSPS) is 11.6. The van der Waals surface area contributed by atoms with Crippen LogP contribution in [0.3, 0.4) is 0 Å². The first kappa shape index (κ1) is 46.2. The molecule has 6 aromatic heterocycles. The molecule has 0 amide bonds. The van der Waals surface area contributed by atoms with Crippen LogP contribution in [0, 0.1) is 27.7 Å². The molecule has 0 saturated heterocycles. The van der Waals surface area contributed by atoms with Gasteiger partial charge in [0.05, 0.1) is 64.6 Å². The average molecular weight is 1080 g/mol. The van der Waals surface area contributed by atoms with Crippen LogP contribution < -0.4 is 0 Å². The molecule has 0 fully saturated rings. The minimum atomic E-state index is -0.449. The Balaban J connectivity index is 1.05. The SMILES string of the molecule is CCOC(=O)c1c2c(C(=O)c3ccc(Br)cc3)sc(SCc3ccc(CSc4sc(C(=O)c5ccc(Br)cc5)c5c(C(=O)OCC)c6c(C)cc(C)cn6c45)cc3)c2n2cc(C)cc(C)c12. The Hall–Kier alpha value is -4.96. The molecule has 0 aliphatic rings. The van der Waals surface area contributed by atoms with Crippen LogP contribution in [0.25, 0.3) is 32.8 Å². The fraction of sp³-hybridized carbons (Fsp3) is 0.192. The highest BCUT2D eigenvalue weighted by Crippen LogP contribution is 2.47. The first-order valence-electron chi connectivity index (χ1n) is 21.2. The van der Waals surface area contributed by atoms with Crippen LogP contribution in [0.4, 0.5) is 0 Å². The van der Waals surface area contributed by atoms with E-state index in [0.29, 0.717) is 54.3 Å². The van der Waals surface area contributed by atoms with Crippen molar-refractivity contribution in [3.63, 3.8) is 0 Å². The maximum Gasteiger partial charge on any atom is 0.341 e. The van der Waals surface area contributed by atoms with E-state index < -0.39 is 11.9 Å². The van der Waals surface area contributed by atoms with Crippen LogP contribution in [-0.2, 0) is 21.0 Å². The van der Waals surface area contributed by atoms with E-state index in [9.17, 15) is 19.2 Å². The van der Waals surface area contributed by atoms with Crippen LogP contribution in [0.15, 0.2) is 115 Å². The molecule has 334 valence electrons. The minimum absolute atomic E-state index is 0.148. The molecule has 3 aromatic carbocycles. The van der Waals surface area contributed by atoms with Crippen molar-refractivity contribution in [1.82, 2.24) is 8.80 Å². The molecule has 6 heterocycles. The number of thioether (sulfide) groups is 2. The maximum absolute atomic E-state index is 14.3. The lowest BCUT2D eigenvalue weighted by Crippen LogP contribution is -2.07. The summed E-state index contributed by atoms with van der Waals surface area (Å²) in [5.41, 5.74) is 11.2. The second-order valence-corrected chi connectivity index (χ2v) is 22.3. The van der Waals surface area contributed by atoms with E-state index in [1.165, 1.54) is 22.7 Å². The number of carbonyl (C=O) groups is 4. The van der Waals surface area contributed by atoms with Crippen molar-refractivity contribution in [3.8, 4) is 0 Å². The van der Waals surface area contributed by atoms with Crippen LogP contribution >= 0.6 is 78.1 Å². The molecule has 0 aliphatic carbocycles. The summed E-state index contributed by atoms with van der Waals surface area (Å²) < 4.78 is 19.0. The number of fused-ring (bicyclic) bond motifs is 6. The number of pyridine rings is 2. The fourth-order valence-corrected chi connectivity index (χ4v) is 14.0. The largest absolute Gasteiger partial charge is 0.462 e. The van der Waals surface area contributed by atoms with Gasteiger partial charge in [-0.3, -0.25) is 9.59 Å². The van der Waals surface area contributed by atoms with Gasteiger partial charge < -0.3 is 18.3 Å². The number of hydrogen-bond acceptors (Lipinski definition) is 10. The number of nitrogens with zero attached hydrogens (tertiary/aromatic N) is 2. The topological polar surface area (TPSA) is 95.6 Å². The van der Waals surface area contributed by atoms with E-state index in [2.05, 4.69) is 77.1 Å². The standard InChI is InChI=1S/C52H42Br2N2O6S4/c1-7-61-49(59)39-37-43(55-23-27(3)21-29(5)41(39)55)51(65-47(37)45(57)33-13-17-35(53)18-14-33)63-25-31-9-11-32(12-10-31)26-64-52-44-38(48(66-52)46(58)34-15-19-36(54)20-16-34)40(50(60)62-8-2)42-30(6)22-28(4)24-56(42)44/h9-24H,7-8,25-26H2,1-6H3. The van der Waals surface area contributed by atoms with Crippen molar-refractivity contribution in [2.75, 3.05) is 13.2 Å². The zero-order valence-electron chi connectivity index (χ0n) is 36.8. The van der Waals surface area contributed by atoms with Crippen molar-refractivity contribution < 1.29 is 28.7 Å². The Kier molecular flexibility index (Phi) is 13.3. The average Bonchev–Trinajstić information content (AvgIpc) is 4.04. The third kappa shape index (κ3) is 8.49. The molecule has 14 heteroatoms. The number of aromatic nitrogens is 2. The van der Waals surface area contributed by atoms with Crippen molar-refractivity contribution in [2.45, 2.75) is 61.5 Å². The third-order valence-corrected chi connectivity index (χ3v) is 17.4. The number of ketones is 2. The number of rotatable bonds is 14. The Bertz CT molecular complexity index is 3190. The van der Waals surface area contributed by atoms with Crippen molar-refractivity contribution in [3.05, 3.63) is 172 Å². The molecule has 0 bridgehead atoms. The minimum Gasteiger partial charge on any atom is -0.462 e. The van der Waals surface area contributed by atoms with Gasteiger partial charge in [0.1, 0.15) is 0 Å². The van der Waals surface area contributed by atoms with Crippen LogP contribution in [0.5, 0.6) is 0 Å². The lowest BCUT2D eigenvalue weighted by molar-refractivity contribution is 0.0521. The maximum atomic E-state index is 14.3. The Labute approximate surface area is 415 Å². The van der Waals surface area contributed by atoms with Gasteiger partial charge in [0.2, 0.25) is 11.6 Å². The number of benzene rings is 3. The Morgan fingerprint density at radius 3 is 1.26 bits per heavy atom. The molecular formula is C52H42Br2N2O6S4. The summed E-state index contributed by atoms with van der Waals surface area (Å²) in [4.78, 5) is 57.3. The van der Waals surface area contributed by atoms with Crippen LogP contribution in [0.1, 0.15) is 98.4 Å². The van der Waals surface area contributed by atoms with E-state index in [-0.39, 0.29) is 24.8 Å². The number of thiophene rings is 2. The molecule has 0 radical (unpaired) electrons. The molecule has 66 heavy (non-hydrogen) atoms. The van der Waals surface area contributed by atoms with Crippen molar-refractivity contribution >= 4 is 134 Å². The van der Waals surface area contributed by atoms with Gasteiger partial charge in [-0.15, -0.1) is 46.2 Å². The Morgan fingerprint density at radius 2 is 0.909 bits per heavy atom. The molecule has 0 unspecified atom stereocenters. The van der Waals surface area contributed by atoms with Gasteiger partial charge in [-0.1, -0.05) is 68.3 Å². The number of ether oxygens (including phenoxy) is 2. The Morgan fingerprint density at radius 1 is 0.545 bits per heavy atom. The van der Waals surface area contributed by atoms with E-state index in [4.69, 9.17) is 9.47 Å². The predicted molar refractivity (Wildman–Crippen MR) is 277 cm³/mol. The molecule has 8 nitrogen and oxygen atoms in total. The number of esters is 2. The summed E-state index contributed by atoms with van der Waals surface area (Å²) in [6.07, 6.45) is 4.06. The van der Waals surface area contributed by atoms with Gasteiger partial charge in [0.15, 0.2) is 0 Å². The monoisotopic (exact) mass is 1080 g/mol. The van der Waals surface area contributed by atoms with Gasteiger partial charge >= 0.3 is 11.9 Å². The van der Waals surface area contributed by atoms with E-state index >= 15 is 0 Å². The van der Waals surface area contributed by atoms with Crippen molar-refractivity contribution in [2.24, 2.45) is 0 Å². The first-order chi connectivity index (χ1) is 31.8. The number of carbonyl (C=O) groups excluding carboxylic acids is 4. The second-order valence-electron chi connectivity index (χ2n) is 16.0. The van der Waals surface area contributed by atoms with E-state index in [1.54, 1.807) is 61.6 Å². The van der Waals surface area contributed by atoms with Crippen LogP contribution in [-0.4, -0.2) is 45.5 Å². The van der Waals surface area contributed by atoms with E-state index in [0.717, 1.165) is 72.8 Å². The molecule has 0 saturated carbocycles. The number of halogens is 2. The highest BCUT2D eigenvalue weighted by atomic mass is 79.9. The summed E-state index contributed by atoms with van der Waals surface area (Å²) >= 11 is 13.1. The second kappa shape index (κ2) is 19.0. The summed E-state index contributed by atoms with van der Waals surface area (Å²) in [7, 11) is 0. The summed E-state index contributed by atoms with van der Waals surface area (Å²) in [6, 6.07) is 27.2. The number of aryl methyl sites for hydroxylation is 4. The summed E-state index contributed by atoms with van der Waals surface area (Å²) in [5.74, 6) is 0.0571. The fourth-order valence-electron chi connectivity index (χ4n) is 8.55.